The quantitative estimate of drug-likeness (QED) is 0.728. The normalized spacial score (nSPS) is 13.6. The van der Waals surface area contributed by atoms with Gasteiger partial charge in [0.05, 0.1) is 6.61 Å². The van der Waals surface area contributed by atoms with Gasteiger partial charge in [0.1, 0.15) is 5.75 Å². The minimum atomic E-state index is 0.238. The highest BCUT2D eigenvalue weighted by Gasteiger charge is 2.24. The van der Waals surface area contributed by atoms with Crippen LogP contribution in [0.4, 0.5) is 0 Å². The summed E-state index contributed by atoms with van der Waals surface area (Å²) in [5.74, 6) is 1.31. The van der Waals surface area contributed by atoms with E-state index in [0.717, 1.165) is 11.1 Å². The fraction of sp³-hybridized carbons (Fsp3) is 0.538. The van der Waals surface area contributed by atoms with Crippen LogP contribution < -0.4 is 4.74 Å². The van der Waals surface area contributed by atoms with Crippen LogP contribution >= 0.6 is 27.5 Å². The minimum absolute atomic E-state index is 0.238. The van der Waals surface area contributed by atoms with Gasteiger partial charge in [-0.2, -0.15) is 0 Å². The van der Waals surface area contributed by atoms with E-state index in [0.29, 0.717) is 17.5 Å². The molecule has 0 aliphatic rings. The Labute approximate surface area is 111 Å². The SMILES string of the molecule is CC(C)(C)C(CBr)COc1cccc(Cl)c1. The Hall–Kier alpha value is -0.210. The van der Waals surface area contributed by atoms with Crippen molar-refractivity contribution in [3.63, 3.8) is 0 Å². The maximum absolute atomic E-state index is 5.89. The smallest absolute Gasteiger partial charge is 0.120 e. The van der Waals surface area contributed by atoms with Crippen molar-refractivity contribution in [1.82, 2.24) is 0 Å². The second-order valence-electron chi connectivity index (χ2n) is 4.99. The molecule has 1 nitrogen and oxygen atoms in total. The molecule has 1 atom stereocenters. The Morgan fingerprint density at radius 2 is 2.06 bits per heavy atom. The van der Waals surface area contributed by atoms with Crippen molar-refractivity contribution in [2.45, 2.75) is 20.8 Å². The summed E-state index contributed by atoms with van der Waals surface area (Å²) in [6, 6.07) is 7.52. The summed E-state index contributed by atoms with van der Waals surface area (Å²) in [7, 11) is 0. The van der Waals surface area contributed by atoms with Crippen molar-refractivity contribution in [2.24, 2.45) is 11.3 Å². The number of rotatable bonds is 4. The zero-order valence-electron chi connectivity index (χ0n) is 9.97. The first kappa shape index (κ1) is 13.9. The summed E-state index contributed by atoms with van der Waals surface area (Å²) in [5, 5.41) is 1.65. The molecule has 0 aliphatic heterocycles. The number of benzene rings is 1. The Morgan fingerprint density at radius 1 is 1.38 bits per heavy atom. The van der Waals surface area contributed by atoms with Crippen LogP contribution in [0.15, 0.2) is 24.3 Å². The molecule has 90 valence electrons. The van der Waals surface area contributed by atoms with Crippen LogP contribution in [0.1, 0.15) is 20.8 Å². The molecule has 0 amide bonds. The number of ether oxygens (including phenoxy) is 1. The second kappa shape index (κ2) is 5.92. The molecule has 0 radical (unpaired) electrons. The summed E-state index contributed by atoms with van der Waals surface area (Å²) in [6.07, 6.45) is 0. The fourth-order valence-corrected chi connectivity index (χ4v) is 2.62. The third kappa shape index (κ3) is 4.34. The lowest BCUT2D eigenvalue weighted by atomic mass is 9.83. The molecule has 16 heavy (non-hydrogen) atoms. The van der Waals surface area contributed by atoms with Crippen molar-refractivity contribution in [1.29, 1.82) is 0 Å². The lowest BCUT2D eigenvalue weighted by Gasteiger charge is -2.28. The highest BCUT2D eigenvalue weighted by molar-refractivity contribution is 9.09. The van der Waals surface area contributed by atoms with Gasteiger partial charge in [-0.25, -0.2) is 0 Å². The van der Waals surface area contributed by atoms with Gasteiger partial charge in [0.25, 0.3) is 0 Å². The van der Waals surface area contributed by atoms with Gasteiger partial charge >= 0.3 is 0 Å². The lowest BCUT2D eigenvalue weighted by molar-refractivity contribution is 0.166. The average Bonchev–Trinajstić information content (AvgIpc) is 2.16. The van der Waals surface area contributed by atoms with Crippen molar-refractivity contribution >= 4 is 27.5 Å². The Balaban J connectivity index is 2.56. The summed E-state index contributed by atoms with van der Waals surface area (Å²) < 4.78 is 5.75. The highest BCUT2D eigenvalue weighted by atomic mass is 79.9. The Bertz CT molecular complexity index is 333. The van der Waals surface area contributed by atoms with E-state index in [-0.39, 0.29) is 5.41 Å². The molecule has 1 aromatic rings. The summed E-state index contributed by atoms with van der Waals surface area (Å²) in [6.45, 7) is 7.37. The van der Waals surface area contributed by atoms with Gasteiger partial charge in [-0.1, -0.05) is 54.4 Å². The van der Waals surface area contributed by atoms with Crippen LogP contribution in [-0.4, -0.2) is 11.9 Å². The van der Waals surface area contributed by atoms with Gasteiger partial charge < -0.3 is 4.74 Å². The molecular formula is C13H18BrClO. The van der Waals surface area contributed by atoms with Crippen LogP contribution in [0, 0.1) is 11.3 Å². The molecule has 1 unspecified atom stereocenters. The average molecular weight is 306 g/mol. The molecule has 0 saturated heterocycles. The van der Waals surface area contributed by atoms with Gasteiger partial charge in [-0.05, 0) is 23.6 Å². The van der Waals surface area contributed by atoms with Gasteiger partial charge in [0, 0.05) is 16.3 Å². The topological polar surface area (TPSA) is 9.23 Å². The number of hydrogen-bond acceptors (Lipinski definition) is 1. The second-order valence-corrected chi connectivity index (χ2v) is 6.07. The van der Waals surface area contributed by atoms with Gasteiger partial charge in [0.15, 0.2) is 0 Å². The van der Waals surface area contributed by atoms with E-state index >= 15 is 0 Å². The van der Waals surface area contributed by atoms with Crippen molar-refractivity contribution in [2.75, 3.05) is 11.9 Å². The number of halogens is 2. The molecule has 0 saturated carbocycles. The first-order valence-corrected chi connectivity index (χ1v) is 6.88. The molecule has 0 aromatic heterocycles. The molecule has 1 aromatic carbocycles. The van der Waals surface area contributed by atoms with E-state index in [2.05, 4.69) is 36.7 Å². The molecular weight excluding hydrogens is 287 g/mol. The van der Waals surface area contributed by atoms with Crippen LogP contribution in [0.2, 0.25) is 5.02 Å². The molecule has 0 bridgehead atoms. The lowest BCUT2D eigenvalue weighted by Crippen LogP contribution is -2.27. The van der Waals surface area contributed by atoms with E-state index in [9.17, 15) is 0 Å². The third-order valence-electron chi connectivity index (χ3n) is 2.66. The van der Waals surface area contributed by atoms with Crippen LogP contribution in [-0.2, 0) is 0 Å². The van der Waals surface area contributed by atoms with Crippen LogP contribution in [0.5, 0.6) is 5.75 Å². The molecule has 0 aliphatic carbocycles. The van der Waals surface area contributed by atoms with E-state index in [1.54, 1.807) is 0 Å². The van der Waals surface area contributed by atoms with E-state index < -0.39 is 0 Å². The number of hydrogen-bond donors (Lipinski definition) is 0. The van der Waals surface area contributed by atoms with Crippen molar-refractivity contribution in [3.05, 3.63) is 29.3 Å². The maximum atomic E-state index is 5.89. The zero-order chi connectivity index (χ0) is 12.2. The van der Waals surface area contributed by atoms with Crippen LogP contribution in [0.25, 0.3) is 0 Å². The maximum Gasteiger partial charge on any atom is 0.120 e. The molecule has 1 rings (SSSR count). The van der Waals surface area contributed by atoms with Gasteiger partial charge in [-0.15, -0.1) is 0 Å². The standard InChI is InChI=1S/C13H18BrClO/c1-13(2,3)10(8-14)9-16-12-6-4-5-11(15)7-12/h4-7,10H,8-9H2,1-3H3. The van der Waals surface area contributed by atoms with Crippen molar-refractivity contribution < 1.29 is 4.74 Å². The van der Waals surface area contributed by atoms with Gasteiger partial charge in [0.2, 0.25) is 0 Å². The largest absolute Gasteiger partial charge is 0.493 e. The first-order chi connectivity index (χ1) is 7.43. The minimum Gasteiger partial charge on any atom is -0.493 e. The van der Waals surface area contributed by atoms with Crippen LogP contribution in [0.3, 0.4) is 0 Å². The molecule has 0 fully saturated rings. The Morgan fingerprint density at radius 3 is 2.56 bits per heavy atom. The predicted molar refractivity (Wildman–Crippen MR) is 73.7 cm³/mol. The first-order valence-electron chi connectivity index (χ1n) is 5.38. The predicted octanol–water partition coefficient (Wildman–Crippen LogP) is 4.78. The summed E-state index contributed by atoms with van der Waals surface area (Å²) >= 11 is 9.43. The van der Waals surface area contributed by atoms with E-state index in [1.165, 1.54) is 0 Å². The van der Waals surface area contributed by atoms with E-state index in [1.807, 2.05) is 24.3 Å². The number of alkyl halides is 1. The fourth-order valence-electron chi connectivity index (χ4n) is 1.28. The molecule has 3 heteroatoms. The molecule has 0 N–H and O–H groups in total. The third-order valence-corrected chi connectivity index (χ3v) is 3.67. The highest BCUT2D eigenvalue weighted by Crippen LogP contribution is 2.28. The van der Waals surface area contributed by atoms with Gasteiger partial charge in [-0.3, -0.25) is 0 Å². The van der Waals surface area contributed by atoms with E-state index in [4.69, 9.17) is 16.3 Å². The zero-order valence-corrected chi connectivity index (χ0v) is 12.3. The monoisotopic (exact) mass is 304 g/mol. The van der Waals surface area contributed by atoms with Crippen molar-refractivity contribution in [3.8, 4) is 5.75 Å². The summed E-state index contributed by atoms with van der Waals surface area (Å²) in [4.78, 5) is 0. The summed E-state index contributed by atoms with van der Waals surface area (Å²) in [5.41, 5.74) is 0.238. The molecule has 0 spiro atoms. The Kier molecular flexibility index (Phi) is 5.13. The molecule has 0 heterocycles.